The molecule has 1 fully saturated rings. The lowest BCUT2D eigenvalue weighted by Crippen LogP contribution is -2.35. The highest BCUT2D eigenvalue weighted by Gasteiger charge is 2.36. The van der Waals surface area contributed by atoms with Gasteiger partial charge in [-0.2, -0.15) is 0 Å². The van der Waals surface area contributed by atoms with E-state index in [-0.39, 0.29) is 16.4 Å². The quantitative estimate of drug-likeness (QED) is 0.585. The summed E-state index contributed by atoms with van der Waals surface area (Å²) in [4.78, 5) is -0.192. The Balaban J connectivity index is 1.78. The number of halogens is 1. The summed E-state index contributed by atoms with van der Waals surface area (Å²) >= 11 is 0. The molecule has 1 N–H and O–H groups in total. The molecule has 0 aliphatic carbocycles. The summed E-state index contributed by atoms with van der Waals surface area (Å²) in [7, 11) is -2.49. The summed E-state index contributed by atoms with van der Waals surface area (Å²) in [6.07, 6.45) is 1.43. The predicted molar refractivity (Wildman–Crippen MR) is 105 cm³/mol. The number of ether oxygens (including phenoxy) is 3. The number of sulfone groups is 1. The molecule has 160 valence electrons. The molecule has 0 radical (unpaired) electrons. The topological polar surface area (TPSA) is 94.4 Å². The van der Waals surface area contributed by atoms with Crippen LogP contribution in [0.4, 0.5) is 4.39 Å². The molecule has 2 aromatic rings. The van der Waals surface area contributed by atoms with E-state index < -0.39 is 21.3 Å². The lowest BCUT2D eigenvalue weighted by atomic mass is 9.86. The van der Waals surface area contributed by atoms with E-state index >= 15 is 0 Å². The maximum atomic E-state index is 14.5. The van der Waals surface area contributed by atoms with E-state index in [0.717, 1.165) is 6.07 Å². The summed E-state index contributed by atoms with van der Waals surface area (Å²) in [5.74, 6) is -0.345. The van der Waals surface area contributed by atoms with Crippen LogP contribution in [0.1, 0.15) is 30.4 Å². The van der Waals surface area contributed by atoms with Crippen molar-refractivity contribution in [2.75, 3.05) is 26.9 Å². The van der Waals surface area contributed by atoms with Crippen molar-refractivity contribution in [3.05, 3.63) is 53.3 Å². The summed E-state index contributed by atoms with van der Waals surface area (Å²) in [6.45, 7) is 1.17. The lowest BCUT2D eigenvalue weighted by Gasteiger charge is -2.36. The molecule has 30 heavy (non-hydrogen) atoms. The van der Waals surface area contributed by atoms with E-state index in [1.807, 2.05) is 0 Å². The SMILES string of the molecule is COC1(c2cc(F)cc(S(=O)(=O)c3ccc4c(c3)OCCC4=NO)c2)CCOCC1. The van der Waals surface area contributed by atoms with Crippen LogP contribution in [0.15, 0.2) is 51.3 Å². The van der Waals surface area contributed by atoms with Gasteiger partial charge < -0.3 is 19.4 Å². The fourth-order valence-corrected chi connectivity index (χ4v) is 5.28. The molecule has 9 heteroatoms. The van der Waals surface area contributed by atoms with Gasteiger partial charge in [0.1, 0.15) is 11.6 Å². The van der Waals surface area contributed by atoms with Crippen LogP contribution in [-0.2, 0) is 24.9 Å². The van der Waals surface area contributed by atoms with Crippen LogP contribution < -0.4 is 4.74 Å². The number of hydrogen-bond acceptors (Lipinski definition) is 7. The molecule has 0 unspecified atom stereocenters. The Hall–Kier alpha value is -2.49. The first-order valence-corrected chi connectivity index (χ1v) is 11.1. The minimum Gasteiger partial charge on any atom is -0.492 e. The molecule has 1 saturated heterocycles. The Morgan fingerprint density at radius 3 is 2.57 bits per heavy atom. The van der Waals surface area contributed by atoms with E-state index in [4.69, 9.17) is 19.4 Å². The van der Waals surface area contributed by atoms with Crippen molar-refractivity contribution in [3.8, 4) is 5.75 Å². The highest BCUT2D eigenvalue weighted by molar-refractivity contribution is 7.91. The van der Waals surface area contributed by atoms with Gasteiger partial charge in [0.15, 0.2) is 0 Å². The summed E-state index contributed by atoms with van der Waals surface area (Å²) in [6, 6.07) is 8.09. The predicted octanol–water partition coefficient (Wildman–Crippen LogP) is 3.27. The molecule has 7 nitrogen and oxygen atoms in total. The number of benzene rings is 2. The van der Waals surface area contributed by atoms with Crippen molar-refractivity contribution < 1.29 is 32.2 Å². The second-order valence-corrected chi connectivity index (χ2v) is 9.24. The molecule has 2 heterocycles. The third kappa shape index (κ3) is 3.57. The Labute approximate surface area is 174 Å². The van der Waals surface area contributed by atoms with E-state index in [1.165, 1.54) is 37.4 Å². The molecular formula is C21H22FNO6S. The van der Waals surface area contributed by atoms with Gasteiger partial charge in [0.2, 0.25) is 9.84 Å². The van der Waals surface area contributed by atoms with Crippen molar-refractivity contribution >= 4 is 15.5 Å². The van der Waals surface area contributed by atoms with Gasteiger partial charge in [0.25, 0.3) is 0 Å². The lowest BCUT2D eigenvalue weighted by molar-refractivity contribution is -0.0950. The molecular weight excluding hydrogens is 413 g/mol. The van der Waals surface area contributed by atoms with Crippen LogP contribution in [0.5, 0.6) is 5.75 Å². The van der Waals surface area contributed by atoms with Crippen LogP contribution >= 0.6 is 0 Å². The Morgan fingerprint density at radius 2 is 1.87 bits per heavy atom. The van der Waals surface area contributed by atoms with Crippen LogP contribution in [-0.4, -0.2) is 46.3 Å². The first-order valence-electron chi connectivity index (χ1n) is 9.57. The minimum atomic E-state index is -4.02. The van der Waals surface area contributed by atoms with Gasteiger partial charge in [-0.1, -0.05) is 5.16 Å². The van der Waals surface area contributed by atoms with Crippen LogP contribution in [0, 0.1) is 5.82 Å². The second-order valence-electron chi connectivity index (χ2n) is 7.29. The van der Waals surface area contributed by atoms with E-state index in [0.29, 0.717) is 55.1 Å². The first-order chi connectivity index (χ1) is 14.4. The van der Waals surface area contributed by atoms with E-state index in [2.05, 4.69) is 5.16 Å². The second kappa shape index (κ2) is 7.98. The van der Waals surface area contributed by atoms with Crippen molar-refractivity contribution in [1.29, 1.82) is 0 Å². The van der Waals surface area contributed by atoms with Crippen molar-refractivity contribution in [1.82, 2.24) is 0 Å². The molecule has 0 spiro atoms. The number of hydrogen-bond donors (Lipinski definition) is 1. The van der Waals surface area contributed by atoms with Crippen molar-refractivity contribution in [3.63, 3.8) is 0 Å². The molecule has 0 saturated carbocycles. The number of nitrogens with zero attached hydrogens (tertiary/aromatic N) is 1. The van der Waals surface area contributed by atoms with Gasteiger partial charge in [0, 0.05) is 45.1 Å². The highest BCUT2D eigenvalue weighted by Crippen LogP contribution is 2.38. The summed E-state index contributed by atoms with van der Waals surface area (Å²) < 4.78 is 57.7. The summed E-state index contributed by atoms with van der Waals surface area (Å²) in [5.41, 5.74) is 0.629. The Kier molecular flexibility index (Phi) is 5.52. The number of oxime groups is 1. The standard InChI is InChI=1S/C21H22FNO6S/c1-27-21(5-8-28-9-6-21)14-10-15(22)12-17(11-14)30(25,26)16-2-3-18-19(23-24)4-7-29-20(18)13-16/h2-3,10-13,24H,4-9H2,1H3. The van der Waals surface area contributed by atoms with Crippen LogP contribution in [0.2, 0.25) is 0 Å². The van der Waals surface area contributed by atoms with E-state index in [9.17, 15) is 12.8 Å². The molecule has 0 aromatic heterocycles. The fraction of sp³-hybridized carbons (Fsp3) is 0.381. The maximum Gasteiger partial charge on any atom is 0.206 e. The normalized spacial score (nSPS) is 19.9. The highest BCUT2D eigenvalue weighted by atomic mass is 32.2. The van der Waals surface area contributed by atoms with Crippen molar-refractivity contribution in [2.24, 2.45) is 5.16 Å². The van der Waals surface area contributed by atoms with Gasteiger partial charge >= 0.3 is 0 Å². The first kappa shape index (κ1) is 20.8. The maximum absolute atomic E-state index is 14.5. The van der Waals surface area contributed by atoms with Crippen molar-refractivity contribution in [2.45, 2.75) is 34.7 Å². The average molecular weight is 435 g/mol. The molecule has 0 amide bonds. The average Bonchev–Trinajstić information content (AvgIpc) is 2.78. The molecule has 2 aromatic carbocycles. The third-order valence-electron chi connectivity index (χ3n) is 5.69. The molecule has 2 aliphatic heterocycles. The number of fused-ring (bicyclic) bond motifs is 1. The molecule has 0 atom stereocenters. The largest absolute Gasteiger partial charge is 0.492 e. The van der Waals surface area contributed by atoms with Gasteiger partial charge in [-0.25, -0.2) is 12.8 Å². The third-order valence-corrected chi connectivity index (χ3v) is 7.42. The molecule has 4 rings (SSSR count). The fourth-order valence-electron chi connectivity index (χ4n) is 3.95. The Bertz CT molecular complexity index is 1090. The van der Waals surface area contributed by atoms with Crippen LogP contribution in [0.3, 0.4) is 0 Å². The smallest absolute Gasteiger partial charge is 0.206 e. The monoisotopic (exact) mass is 435 g/mol. The van der Waals surface area contributed by atoms with Gasteiger partial charge in [-0.05, 0) is 42.0 Å². The zero-order valence-electron chi connectivity index (χ0n) is 16.4. The van der Waals surface area contributed by atoms with Gasteiger partial charge in [-0.15, -0.1) is 0 Å². The number of rotatable bonds is 4. The number of methoxy groups -OCH3 is 1. The van der Waals surface area contributed by atoms with Gasteiger partial charge in [0.05, 0.1) is 27.7 Å². The molecule has 0 bridgehead atoms. The summed E-state index contributed by atoms with van der Waals surface area (Å²) in [5, 5.41) is 12.4. The Morgan fingerprint density at radius 1 is 1.10 bits per heavy atom. The minimum absolute atomic E-state index is 0.0320. The van der Waals surface area contributed by atoms with Gasteiger partial charge in [-0.3, -0.25) is 0 Å². The zero-order chi connectivity index (χ0) is 21.4. The van der Waals surface area contributed by atoms with Crippen LogP contribution in [0.25, 0.3) is 0 Å². The molecule has 2 aliphatic rings. The van der Waals surface area contributed by atoms with E-state index in [1.54, 1.807) is 0 Å². The zero-order valence-corrected chi connectivity index (χ0v) is 17.2.